The Kier molecular flexibility index (Phi) is 37.0. The number of ether oxygens (including phenoxy) is 18. The first kappa shape index (κ1) is 101. The van der Waals surface area contributed by atoms with Crippen LogP contribution in [0.1, 0.15) is 41.5 Å². The molecule has 9 saturated heterocycles. The molecule has 9 fully saturated rings. The Morgan fingerprint density at radius 3 is 0.967 bits per heavy atom. The molecule has 0 radical (unpaired) electrons. The Morgan fingerprint density at radius 2 is 0.595 bits per heavy atom. The molecule has 53 heteroatoms. The lowest BCUT2D eigenvalue weighted by Gasteiger charge is -2.51. The Morgan fingerprint density at radius 1 is 0.298 bits per heavy atom. The van der Waals surface area contributed by atoms with Gasteiger partial charge in [-0.2, -0.15) is 0 Å². The SMILES string of the molecule is CC(=O)N[C@H]1[C@H](OC[C@@H](O)[C@H](O)[C@H](O[C@@H]2O[C@H](CO)[C@H](O)[C@H](O[C@@H]3O[C@H](CO)[C@@H](O[C@@H]4O[C@@H](C)[C@@H](O)[C@@H](O)[C@@H]4O)[C@H](O[C@@H]4O[C@H](CO)[C@H](O)[C@H](O)[C@H]4O)[C@H]3NC(C)=O)[C@H]2O)[C@H](CO)NC(C)=O)O[C@H](CO)[C@@H](O[C@@H]2O[C@H](CO)[C@H](O)[C@H](O[C@@H]3O[C@H](CO)[C@@H](O[C@@H]4O[C@@H](C)[C@@H](O)[C@@H](O)[C@@H]4O)[C@H](O[C@@H]4O[C@H](CO)[C@H](O)[C@H](O)[C@H]4O)[C@H]3NC(C)=O)[C@H]2O)[C@@H]1O. The molecule has 702 valence electrons. The highest BCUT2D eigenvalue weighted by Crippen LogP contribution is 2.41. The first-order valence-corrected chi connectivity index (χ1v) is 38.8. The summed E-state index contributed by atoms with van der Waals surface area (Å²) in [4.78, 5) is 52.2. The van der Waals surface area contributed by atoms with Gasteiger partial charge < -0.3 is 244 Å². The summed E-state index contributed by atoms with van der Waals surface area (Å²) in [5.74, 6) is -3.84. The summed E-state index contributed by atoms with van der Waals surface area (Å²) in [6.07, 6.45) is -91.7. The van der Waals surface area contributed by atoms with Gasteiger partial charge in [-0.05, 0) is 13.8 Å². The van der Waals surface area contributed by atoms with Crippen molar-refractivity contribution >= 4 is 23.6 Å². The van der Waals surface area contributed by atoms with Crippen LogP contribution in [0.15, 0.2) is 0 Å². The highest BCUT2D eigenvalue weighted by Gasteiger charge is 2.62. The van der Waals surface area contributed by atoms with Crippen molar-refractivity contribution in [3.8, 4) is 0 Å². The van der Waals surface area contributed by atoms with Gasteiger partial charge in [-0.3, -0.25) is 19.2 Å². The van der Waals surface area contributed by atoms with Gasteiger partial charge in [0.25, 0.3) is 0 Å². The Labute approximate surface area is 686 Å². The number of aliphatic hydroxyl groups excluding tert-OH is 27. The maximum absolute atomic E-state index is 13.2. The molecule has 0 aromatic heterocycles. The van der Waals surface area contributed by atoms with Crippen molar-refractivity contribution < 1.29 is 242 Å². The molecule has 0 saturated carbocycles. The quantitative estimate of drug-likeness (QED) is 0.0284. The second-order valence-electron chi connectivity index (χ2n) is 30.7. The van der Waals surface area contributed by atoms with Crippen molar-refractivity contribution in [3.05, 3.63) is 0 Å². The third-order valence-corrected chi connectivity index (χ3v) is 22.0. The normalized spacial score (nSPS) is 47.3. The highest BCUT2D eigenvalue weighted by atomic mass is 16.8. The number of nitrogens with one attached hydrogen (secondary N) is 4. The molecule has 0 bridgehead atoms. The van der Waals surface area contributed by atoms with Crippen molar-refractivity contribution in [3.63, 3.8) is 0 Å². The van der Waals surface area contributed by atoms with Gasteiger partial charge in [-0.15, -0.1) is 0 Å². The van der Waals surface area contributed by atoms with Crippen LogP contribution in [0.4, 0.5) is 0 Å². The average Bonchev–Trinajstić information content (AvgIpc) is 0.762. The maximum Gasteiger partial charge on any atom is 0.217 e. The summed E-state index contributed by atoms with van der Waals surface area (Å²) in [6.45, 7) is -4.00. The molecule has 0 spiro atoms. The van der Waals surface area contributed by atoms with Gasteiger partial charge in [0.2, 0.25) is 23.6 Å². The Balaban J connectivity index is 0.945. The summed E-state index contributed by atoms with van der Waals surface area (Å²) in [5, 5.41) is 309. The molecule has 9 heterocycles. The monoisotopic (exact) mass is 1770 g/mol. The van der Waals surface area contributed by atoms with Crippen LogP contribution >= 0.6 is 0 Å². The van der Waals surface area contributed by atoms with Gasteiger partial charge in [0.05, 0.1) is 77.7 Å². The van der Waals surface area contributed by atoms with E-state index in [1.165, 1.54) is 13.8 Å². The van der Waals surface area contributed by atoms with E-state index in [0.717, 1.165) is 27.7 Å². The lowest BCUT2D eigenvalue weighted by Crippen LogP contribution is -2.71. The van der Waals surface area contributed by atoms with Gasteiger partial charge in [0.1, 0.15) is 226 Å². The molecule has 121 heavy (non-hydrogen) atoms. The number of aliphatic hydroxyl groups is 27. The summed E-state index contributed by atoms with van der Waals surface area (Å²) >= 11 is 0. The standard InChI is InChI=1S/C68H116N4O49/c1-16-34(86)42(94)46(98)63(105-16)116-54-29(13-79)112-61(32(71-20(5)83)56(54)118-65-48(100)44(96)37(89)24(8-74)107-65)120-58-39(91)26(10-76)109-67(50(58)102)114-52(22(7-73)69-18(3)81)36(88)23(85)15-104-60-31(70-19(4)82)41(93)53(28(12-78)111-60)115-68-51(103)59(40(92)27(11-77)110-68)121-62-33(72-21(6)84)57(119-66-49(101)45(97)38(90)25(9-75)108-66)55(30(14-80)113-62)117-64-47(99)43(95)35(87)17(2)106-64/h16-17,22-68,73-80,85-103H,7-15H2,1-6H3,(H,69,81)(H,70,82)(H,71,83)(H,72,84)/t16-,17-,22-,23+,24+,25+,26+,27+,28+,29+,30+,31+,32+,33+,34+,35+,36-,37-,38-,39-,40-,41+,42+,43+,44-,45-,46-,47-,48+,49+,50+,51+,52+,53+,54+,55+,56+,57+,58-,59-,60+,61-,62-,63-,64-,65-,66-,67-,68-/m0/s1. The predicted molar refractivity (Wildman–Crippen MR) is 375 cm³/mol. The fourth-order valence-electron chi connectivity index (χ4n) is 15.4. The molecule has 9 rings (SSSR count). The van der Waals surface area contributed by atoms with E-state index >= 15 is 0 Å². The maximum atomic E-state index is 13.2. The Bertz CT molecular complexity index is 3210. The van der Waals surface area contributed by atoms with Crippen LogP contribution in [0.25, 0.3) is 0 Å². The van der Waals surface area contributed by atoms with Gasteiger partial charge in [0, 0.05) is 27.7 Å². The molecule has 0 aliphatic carbocycles. The number of rotatable bonds is 34. The van der Waals surface area contributed by atoms with Crippen molar-refractivity contribution in [2.24, 2.45) is 0 Å². The summed E-state index contributed by atoms with van der Waals surface area (Å²) in [5.41, 5.74) is 0. The molecule has 4 amide bonds. The lowest BCUT2D eigenvalue weighted by molar-refractivity contribution is -0.390. The van der Waals surface area contributed by atoms with Crippen molar-refractivity contribution in [2.45, 2.75) is 342 Å². The molecular formula is C68H116N4O49. The van der Waals surface area contributed by atoms with Crippen LogP contribution in [0.5, 0.6) is 0 Å². The molecule has 0 aromatic carbocycles. The summed E-state index contributed by atoms with van der Waals surface area (Å²) < 4.78 is 107. The molecule has 53 nitrogen and oxygen atoms in total. The third-order valence-electron chi connectivity index (χ3n) is 22.0. The van der Waals surface area contributed by atoms with Gasteiger partial charge in [-0.25, -0.2) is 0 Å². The van der Waals surface area contributed by atoms with E-state index < -0.39 is 384 Å². The minimum atomic E-state index is -2.52. The van der Waals surface area contributed by atoms with Crippen LogP contribution in [0.2, 0.25) is 0 Å². The lowest BCUT2D eigenvalue weighted by atomic mass is 9.93. The number of carbonyl (C=O) groups is 4. The topological polar surface area (TPSA) is 829 Å². The van der Waals surface area contributed by atoms with Crippen molar-refractivity contribution in [1.29, 1.82) is 0 Å². The smallest absolute Gasteiger partial charge is 0.217 e. The van der Waals surface area contributed by atoms with Gasteiger partial charge in [0.15, 0.2) is 56.6 Å². The predicted octanol–water partition coefficient (Wildman–Crippen LogP) is -20.5. The van der Waals surface area contributed by atoms with E-state index in [2.05, 4.69) is 21.3 Å². The van der Waals surface area contributed by atoms with E-state index in [0.29, 0.717) is 0 Å². The second-order valence-corrected chi connectivity index (χ2v) is 30.7. The zero-order chi connectivity index (χ0) is 89.5. The van der Waals surface area contributed by atoms with E-state index in [1.807, 2.05) is 0 Å². The Hall–Kier alpha value is -3.92. The van der Waals surface area contributed by atoms with Crippen molar-refractivity contribution in [1.82, 2.24) is 21.3 Å². The number of hydrogen-bond acceptors (Lipinski definition) is 49. The molecule has 0 aromatic rings. The van der Waals surface area contributed by atoms with Crippen LogP contribution in [-0.4, -0.2) is 521 Å². The first-order chi connectivity index (χ1) is 57.1. The van der Waals surface area contributed by atoms with E-state index in [-0.39, 0.29) is 0 Å². The van der Waals surface area contributed by atoms with Crippen LogP contribution in [0.3, 0.4) is 0 Å². The summed E-state index contributed by atoms with van der Waals surface area (Å²) in [6, 6.07) is -7.70. The average molecular weight is 1770 g/mol. The number of carbonyl (C=O) groups excluding carboxylic acids is 4. The van der Waals surface area contributed by atoms with E-state index in [9.17, 15) is 157 Å². The molecule has 31 N–H and O–H groups in total. The van der Waals surface area contributed by atoms with Crippen molar-refractivity contribution in [2.75, 3.05) is 59.5 Å². The molecular weight excluding hydrogens is 1660 g/mol. The zero-order valence-corrected chi connectivity index (χ0v) is 65.7. The minimum absolute atomic E-state index is 0.926. The fraction of sp³-hybridized carbons (Fsp3) is 0.941. The largest absolute Gasteiger partial charge is 0.394 e. The number of hydrogen-bond donors (Lipinski definition) is 31. The highest BCUT2D eigenvalue weighted by molar-refractivity contribution is 5.74. The number of amides is 4. The van der Waals surface area contributed by atoms with E-state index in [4.69, 9.17) is 85.3 Å². The van der Waals surface area contributed by atoms with Gasteiger partial charge in [-0.1, -0.05) is 0 Å². The molecule has 9 aliphatic rings. The minimum Gasteiger partial charge on any atom is -0.394 e. The van der Waals surface area contributed by atoms with Crippen LogP contribution in [0, 0.1) is 0 Å². The molecule has 0 unspecified atom stereocenters. The zero-order valence-electron chi connectivity index (χ0n) is 65.7. The van der Waals surface area contributed by atoms with E-state index in [1.54, 1.807) is 0 Å². The van der Waals surface area contributed by atoms with Gasteiger partial charge >= 0.3 is 0 Å². The molecule has 49 atom stereocenters. The first-order valence-electron chi connectivity index (χ1n) is 38.8. The second kappa shape index (κ2) is 44.4. The summed E-state index contributed by atoms with van der Waals surface area (Å²) in [7, 11) is 0. The third kappa shape index (κ3) is 22.9. The van der Waals surface area contributed by atoms with Crippen LogP contribution < -0.4 is 21.3 Å². The van der Waals surface area contributed by atoms with Crippen LogP contribution in [-0.2, 0) is 104 Å². The fourth-order valence-corrected chi connectivity index (χ4v) is 15.4. The molecule has 9 aliphatic heterocycles.